The van der Waals surface area contributed by atoms with E-state index in [9.17, 15) is 5.11 Å². The lowest BCUT2D eigenvalue weighted by molar-refractivity contribution is 0.126. The molecule has 1 aliphatic carbocycles. The van der Waals surface area contributed by atoms with Crippen molar-refractivity contribution in [3.63, 3.8) is 0 Å². The Morgan fingerprint density at radius 3 is 2.66 bits per heavy atom. The van der Waals surface area contributed by atoms with Gasteiger partial charge in [0.25, 0.3) is 0 Å². The SMILES string of the molecule is N#Cc1cc(Nc2ncc(C3CCNCC3)c(N[C@H]3CC[C@H](O)CC3)n2)ccn1. The molecule has 152 valence electrons. The van der Waals surface area contributed by atoms with Crippen molar-refractivity contribution >= 4 is 17.5 Å². The van der Waals surface area contributed by atoms with Crippen LogP contribution >= 0.6 is 0 Å². The summed E-state index contributed by atoms with van der Waals surface area (Å²) in [6, 6.07) is 5.83. The molecular weight excluding hydrogens is 366 g/mol. The number of hydrogen-bond acceptors (Lipinski definition) is 8. The molecule has 2 fully saturated rings. The highest BCUT2D eigenvalue weighted by atomic mass is 16.3. The van der Waals surface area contributed by atoms with Gasteiger partial charge in [0.1, 0.15) is 17.6 Å². The first-order chi connectivity index (χ1) is 14.2. The van der Waals surface area contributed by atoms with Gasteiger partial charge in [-0.1, -0.05) is 0 Å². The molecule has 8 heteroatoms. The number of aliphatic hydroxyl groups excluding tert-OH is 1. The van der Waals surface area contributed by atoms with Crippen molar-refractivity contribution in [3.05, 3.63) is 35.8 Å². The lowest BCUT2D eigenvalue weighted by atomic mass is 9.90. The van der Waals surface area contributed by atoms with Gasteiger partial charge in [-0.05, 0) is 69.7 Å². The molecule has 8 nitrogen and oxygen atoms in total. The van der Waals surface area contributed by atoms with Gasteiger partial charge in [0.2, 0.25) is 5.95 Å². The van der Waals surface area contributed by atoms with Crippen LogP contribution in [-0.4, -0.2) is 45.3 Å². The number of nitriles is 1. The number of pyridine rings is 1. The summed E-state index contributed by atoms with van der Waals surface area (Å²) in [5.74, 6) is 1.81. The van der Waals surface area contributed by atoms with E-state index in [2.05, 4.69) is 25.9 Å². The van der Waals surface area contributed by atoms with Gasteiger partial charge in [0.15, 0.2) is 0 Å². The Morgan fingerprint density at radius 2 is 1.90 bits per heavy atom. The van der Waals surface area contributed by atoms with E-state index in [1.807, 2.05) is 12.3 Å². The number of aromatic nitrogens is 3. The molecule has 29 heavy (non-hydrogen) atoms. The van der Waals surface area contributed by atoms with E-state index in [4.69, 9.17) is 10.2 Å². The summed E-state index contributed by atoms with van der Waals surface area (Å²) < 4.78 is 0. The molecule has 0 aromatic carbocycles. The molecule has 3 heterocycles. The van der Waals surface area contributed by atoms with Gasteiger partial charge in [0, 0.05) is 29.7 Å². The highest BCUT2D eigenvalue weighted by Gasteiger charge is 2.24. The smallest absolute Gasteiger partial charge is 0.229 e. The third-order valence-electron chi connectivity index (χ3n) is 5.76. The number of rotatable bonds is 5. The molecule has 0 atom stereocenters. The van der Waals surface area contributed by atoms with Gasteiger partial charge in [0.05, 0.1) is 6.10 Å². The maximum Gasteiger partial charge on any atom is 0.229 e. The van der Waals surface area contributed by atoms with Crippen molar-refractivity contribution in [1.29, 1.82) is 5.26 Å². The zero-order valence-electron chi connectivity index (χ0n) is 16.4. The number of piperidine rings is 1. The number of nitrogens with one attached hydrogen (secondary N) is 3. The fourth-order valence-corrected chi connectivity index (χ4v) is 4.11. The van der Waals surface area contributed by atoms with Crippen LogP contribution in [0.3, 0.4) is 0 Å². The largest absolute Gasteiger partial charge is 0.393 e. The molecule has 0 amide bonds. The van der Waals surface area contributed by atoms with Crippen molar-refractivity contribution in [2.75, 3.05) is 23.7 Å². The van der Waals surface area contributed by atoms with Crippen molar-refractivity contribution in [2.24, 2.45) is 0 Å². The van der Waals surface area contributed by atoms with Crippen molar-refractivity contribution < 1.29 is 5.11 Å². The first kappa shape index (κ1) is 19.6. The number of hydrogen-bond donors (Lipinski definition) is 4. The monoisotopic (exact) mass is 393 g/mol. The van der Waals surface area contributed by atoms with Crippen molar-refractivity contribution in [2.45, 2.75) is 56.6 Å². The van der Waals surface area contributed by atoms with Gasteiger partial charge in [-0.3, -0.25) is 0 Å². The second-order valence-electron chi connectivity index (χ2n) is 7.84. The molecule has 1 saturated carbocycles. The van der Waals surface area contributed by atoms with Gasteiger partial charge < -0.3 is 21.1 Å². The summed E-state index contributed by atoms with van der Waals surface area (Å²) in [6.45, 7) is 2.02. The highest BCUT2D eigenvalue weighted by molar-refractivity contribution is 5.57. The van der Waals surface area contributed by atoms with Gasteiger partial charge in [-0.2, -0.15) is 10.2 Å². The van der Waals surface area contributed by atoms with Crippen LogP contribution in [0.1, 0.15) is 55.7 Å². The quantitative estimate of drug-likeness (QED) is 0.612. The Labute approximate surface area is 170 Å². The minimum atomic E-state index is -0.180. The van der Waals surface area contributed by atoms with Gasteiger partial charge in [-0.25, -0.2) is 9.97 Å². The van der Waals surface area contributed by atoms with E-state index >= 15 is 0 Å². The number of aliphatic hydroxyl groups is 1. The zero-order chi connectivity index (χ0) is 20.1. The van der Waals surface area contributed by atoms with E-state index in [1.54, 1.807) is 18.3 Å². The van der Waals surface area contributed by atoms with E-state index < -0.39 is 0 Å². The summed E-state index contributed by atoms with van der Waals surface area (Å²) in [7, 11) is 0. The Hall–Kier alpha value is -2.76. The van der Waals surface area contributed by atoms with Crippen molar-refractivity contribution in [3.8, 4) is 6.07 Å². The van der Waals surface area contributed by atoms with Crippen LogP contribution in [0.5, 0.6) is 0 Å². The van der Waals surface area contributed by atoms with Crippen LogP contribution in [0.15, 0.2) is 24.5 Å². The molecule has 2 aromatic heterocycles. The lowest BCUT2D eigenvalue weighted by Gasteiger charge is -2.29. The molecule has 0 unspecified atom stereocenters. The molecule has 0 bridgehead atoms. The average molecular weight is 393 g/mol. The summed E-state index contributed by atoms with van der Waals surface area (Å²) >= 11 is 0. The molecule has 4 rings (SSSR count). The molecule has 1 saturated heterocycles. The van der Waals surface area contributed by atoms with Crippen LogP contribution < -0.4 is 16.0 Å². The van der Waals surface area contributed by atoms with Crippen LogP contribution in [0, 0.1) is 11.3 Å². The third kappa shape index (κ3) is 5.00. The highest BCUT2D eigenvalue weighted by Crippen LogP contribution is 2.32. The normalized spacial score (nSPS) is 22.6. The summed E-state index contributed by atoms with van der Waals surface area (Å²) in [6.07, 6.45) is 9.02. The number of nitrogens with zero attached hydrogens (tertiary/aromatic N) is 4. The molecule has 0 spiro atoms. The second kappa shape index (κ2) is 9.16. The summed E-state index contributed by atoms with van der Waals surface area (Å²) in [5, 5.41) is 29.1. The van der Waals surface area contributed by atoms with Crippen LogP contribution in [-0.2, 0) is 0 Å². The van der Waals surface area contributed by atoms with E-state index in [1.165, 1.54) is 0 Å². The zero-order valence-corrected chi connectivity index (χ0v) is 16.4. The lowest BCUT2D eigenvalue weighted by Crippen LogP contribution is -2.30. The summed E-state index contributed by atoms with van der Waals surface area (Å²) in [4.78, 5) is 13.3. The predicted molar refractivity (Wildman–Crippen MR) is 111 cm³/mol. The van der Waals surface area contributed by atoms with E-state index in [0.29, 0.717) is 23.6 Å². The van der Waals surface area contributed by atoms with Crippen LogP contribution in [0.4, 0.5) is 17.5 Å². The first-order valence-electron chi connectivity index (χ1n) is 10.4. The van der Waals surface area contributed by atoms with E-state index in [-0.39, 0.29) is 6.10 Å². The third-order valence-corrected chi connectivity index (χ3v) is 5.76. The molecule has 4 N–H and O–H groups in total. The molecule has 2 aliphatic rings. The Kier molecular flexibility index (Phi) is 6.17. The molecule has 0 radical (unpaired) electrons. The fraction of sp³-hybridized carbons (Fsp3) is 0.524. The Morgan fingerprint density at radius 1 is 1.10 bits per heavy atom. The fourth-order valence-electron chi connectivity index (χ4n) is 4.11. The van der Waals surface area contributed by atoms with E-state index in [0.717, 1.165) is 68.7 Å². The minimum Gasteiger partial charge on any atom is -0.393 e. The first-order valence-corrected chi connectivity index (χ1v) is 10.4. The minimum absolute atomic E-state index is 0.180. The second-order valence-corrected chi connectivity index (χ2v) is 7.84. The topological polar surface area (TPSA) is 119 Å². The van der Waals surface area contributed by atoms with Gasteiger partial charge >= 0.3 is 0 Å². The van der Waals surface area contributed by atoms with Crippen LogP contribution in [0.2, 0.25) is 0 Å². The van der Waals surface area contributed by atoms with Crippen LogP contribution in [0.25, 0.3) is 0 Å². The Bertz CT molecular complexity index is 868. The van der Waals surface area contributed by atoms with Gasteiger partial charge in [-0.15, -0.1) is 0 Å². The molecular formula is C21H27N7O. The average Bonchev–Trinajstić information content (AvgIpc) is 2.76. The maximum absolute atomic E-state index is 9.80. The molecule has 2 aromatic rings. The number of anilines is 3. The standard InChI is InChI=1S/C21H27N7O/c22-12-17-11-16(7-10-24-17)27-21-25-13-19(14-5-8-23-9-6-14)20(28-21)26-15-1-3-18(29)4-2-15/h7,10-11,13-15,18,23,29H,1-6,8-9H2,(H2,24,25,26,27,28)/t15-,18-. The molecule has 1 aliphatic heterocycles. The Balaban J connectivity index is 1.57. The predicted octanol–water partition coefficient (Wildman–Crippen LogP) is 2.67. The van der Waals surface area contributed by atoms with Crippen molar-refractivity contribution in [1.82, 2.24) is 20.3 Å². The summed E-state index contributed by atoms with van der Waals surface area (Å²) in [5.41, 5.74) is 2.24. The maximum atomic E-state index is 9.80.